The number of aromatic nitrogens is 2. The first-order valence-electron chi connectivity index (χ1n) is 16.1. The maximum absolute atomic E-state index is 14.9. The summed E-state index contributed by atoms with van der Waals surface area (Å²) < 4.78 is 62.6. The number of carboxylic acid groups (broad SMARTS) is 1. The molecule has 0 fully saturated rings. The Balaban J connectivity index is 0.00000121. The molecule has 1 heterocycles. The average molecular weight is 742 g/mol. The Morgan fingerprint density at radius 3 is 2.15 bits per heavy atom. The van der Waals surface area contributed by atoms with Gasteiger partial charge in [-0.25, -0.2) is 23.4 Å². The third kappa shape index (κ3) is 13.6. The lowest BCUT2D eigenvalue weighted by atomic mass is 9.84. The van der Waals surface area contributed by atoms with Crippen LogP contribution in [0.3, 0.4) is 0 Å². The third-order valence-corrected chi connectivity index (χ3v) is 7.56. The van der Waals surface area contributed by atoms with Gasteiger partial charge in [0.25, 0.3) is 0 Å². The average Bonchev–Trinajstić information content (AvgIpc) is 3.45. The van der Waals surface area contributed by atoms with Crippen LogP contribution in [0.4, 0.5) is 26.7 Å². The number of aliphatic carboxylic acids is 1. The van der Waals surface area contributed by atoms with Crippen LogP contribution in [0.15, 0.2) is 54.7 Å². The Bertz CT molecular complexity index is 1650. The van der Waals surface area contributed by atoms with Gasteiger partial charge in [-0.3, -0.25) is 9.59 Å². The van der Waals surface area contributed by atoms with Crippen molar-refractivity contribution >= 4 is 23.8 Å². The van der Waals surface area contributed by atoms with Crippen LogP contribution in [0.5, 0.6) is 0 Å². The van der Waals surface area contributed by atoms with E-state index in [-0.39, 0.29) is 17.8 Å². The largest absolute Gasteiger partial charge is 0.490 e. The van der Waals surface area contributed by atoms with Crippen molar-refractivity contribution in [2.24, 2.45) is 16.9 Å². The van der Waals surface area contributed by atoms with Crippen LogP contribution in [0.1, 0.15) is 57.5 Å². The van der Waals surface area contributed by atoms with Crippen LogP contribution in [0.2, 0.25) is 0 Å². The van der Waals surface area contributed by atoms with E-state index in [1.165, 1.54) is 4.90 Å². The van der Waals surface area contributed by atoms with Crippen molar-refractivity contribution in [3.8, 4) is 11.3 Å². The molecule has 1 aromatic heterocycles. The molecule has 8 N–H and O–H groups in total. The second-order valence-corrected chi connectivity index (χ2v) is 12.7. The molecule has 13 nitrogen and oxygen atoms in total. The Hall–Kier alpha value is -5.10. The van der Waals surface area contributed by atoms with Crippen molar-refractivity contribution < 1.29 is 51.3 Å². The highest BCUT2D eigenvalue weighted by molar-refractivity contribution is 5.80. The number of alkyl halides is 3. The van der Waals surface area contributed by atoms with Crippen LogP contribution < -0.4 is 22.1 Å². The molecule has 2 atom stereocenters. The normalized spacial score (nSPS) is 12.6. The van der Waals surface area contributed by atoms with Crippen LogP contribution in [0, 0.1) is 17.0 Å². The maximum Gasteiger partial charge on any atom is 0.490 e. The Kier molecular flexibility index (Phi) is 16.1. The number of primary amides is 2. The number of rotatable bonds is 16. The predicted octanol–water partition coefficient (Wildman–Crippen LogP) is 3.70. The maximum atomic E-state index is 14.9. The monoisotopic (exact) mass is 741 g/mol. The van der Waals surface area contributed by atoms with E-state index < -0.39 is 65.7 Å². The fourth-order valence-electron chi connectivity index (χ4n) is 5.25. The van der Waals surface area contributed by atoms with Gasteiger partial charge in [-0.2, -0.15) is 13.2 Å². The molecule has 286 valence electrons. The van der Waals surface area contributed by atoms with E-state index in [0.29, 0.717) is 44.7 Å². The van der Waals surface area contributed by atoms with Gasteiger partial charge < -0.3 is 41.8 Å². The van der Waals surface area contributed by atoms with E-state index in [1.807, 2.05) is 55.7 Å². The van der Waals surface area contributed by atoms with E-state index in [0.717, 1.165) is 23.8 Å². The number of nitrogens with one attached hydrogen (secondary N) is 2. The molecule has 0 bridgehead atoms. The molecule has 0 saturated heterocycles. The smallest absolute Gasteiger partial charge is 0.475 e. The fourth-order valence-corrected chi connectivity index (χ4v) is 5.25. The van der Waals surface area contributed by atoms with Crippen molar-refractivity contribution in [3.05, 3.63) is 77.8 Å². The number of aliphatic hydroxyl groups excluding tert-OH is 1. The molecule has 3 rings (SSSR count). The van der Waals surface area contributed by atoms with Gasteiger partial charge in [0.05, 0.1) is 17.8 Å². The van der Waals surface area contributed by atoms with Gasteiger partial charge in [0, 0.05) is 31.4 Å². The van der Waals surface area contributed by atoms with Crippen molar-refractivity contribution in [2.45, 2.75) is 64.8 Å². The quantitative estimate of drug-likeness (QED) is 0.0941. The van der Waals surface area contributed by atoms with E-state index in [9.17, 15) is 41.4 Å². The number of aliphatic hydroxyl groups is 1. The first kappa shape index (κ1) is 43.1. The highest BCUT2D eigenvalue weighted by Gasteiger charge is 2.39. The standard InChI is InChI=1S/C32H43F2N7O4.C2HF3O2/c1-32(2,3)28(41(27(43)20-42)16-8-15-37-25(29(35)44)11-7-14-38-31(36)45)30-39-26(23-17-22(33)12-13-24(23)34)19-40(30)18-21-9-5-4-6-10-21;3-2(4,5)1(6)7/h4-6,9-10,12-13,17,19,25,28,37,42H,7-8,11,14-16,18,20H2,1-3H3,(H2,35,44)(H3,36,38,45);(H,6,7)/t25-,28-;/m0./s1. The van der Waals surface area contributed by atoms with E-state index >= 15 is 0 Å². The molecular weight excluding hydrogens is 697 g/mol. The third-order valence-electron chi connectivity index (χ3n) is 7.56. The Morgan fingerprint density at radius 2 is 1.62 bits per heavy atom. The number of halogens is 5. The minimum atomic E-state index is -5.08. The highest BCUT2D eigenvalue weighted by atomic mass is 19.4. The van der Waals surface area contributed by atoms with E-state index in [4.69, 9.17) is 26.4 Å². The van der Waals surface area contributed by atoms with Gasteiger partial charge in [0.1, 0.15) is 24.1 Å². The minimum Gasteiger partial charge on any atom is -0.475 e. The molecule has 0 spiro atoms. The summed E-state index contributed by atoms with van der Waals surface area (Å²) in [4.78, 5) is 51.4. The minimum absolute atomic E-state index is 0.0107. The molecule has 0 radical (unpaired) electrons. The van der Waals surface area contributed by atoms with Gasteiger partial charge in [-0.1, -0.05) is 51.1 Å². The highest BCUT2D eigenvalue weighted by Crippen LogP contribution is 2.39. The molecule has 0 aliphatic rings. The number of imidazole rings is 1. The van der Waals surface area contributed by atoms with E-state index in [2.05, 4.69) is 10.6 Å². The van der Waals surface area contributed by atoms with Crippen molar-refractivity contribution in [2.75, 3.05) is 26.2 Å². The first-order valence-corrected chi connectivity index (χ1v) is 16.1. The van der Waals surface area contributed by atoms with Crippen molar-refractivity contribution in [1.82, 2.24) is 25.1 Å². The molecule has 0 aliphatic heterocycles. The number of carbonyl (C=O) groups excluding carboxylic acids is 3. The summed E-state index contributed by atoms with van der Waals surface area (Å²) in [5.74, 6) is -4.65. The molecule has 18 heteroatoms. The second kappa shape index (κ2) is 19.5. The number of hydrogen-bond donors (Lipinski definition) is 6. The number of nitrogens with two attached hydrogens (primary N) is 2. The molecular formula is C34H44F5N7O6. The molecule has 2 aromatic carbocycles. The summed E-state index contributed by atoms with van der Waals surface area (Å²) in [6.45, 7) is 6.19. The zero-order valence-electron chi connectivity index (χ0n) is 28.9. The lowest BCUT2D eigenvalue weighted by molar-refractivity contribution is -0.192. The number of nitrogens with zero attached hydrogens (tertiary/aromatic N) is 3. The molecule has 3 aromatic rings. The molecule has 0 saturated carbocycles. The lowest BCUT2D eigenvalue weighted by Gasteiger charge is -2.40. The number of amides is 4. The topological polar surface area (TPSA) is 206 Å². The predicted molar refractivity (Wildman–Crippen MR) is 180 cm³/mol. The Labute approximate surface area is 297 Å². The number of benzene rings is 2. The summed E-state index contributed by atoms with van der Waals surface area (Å²) in [6, 6.07) is 10.7. The van der Waals surface area contributed by atoms with Crippen molar-refractivity contribution in [1.29, 1.82) is 0 Å². The SMILES string of the molecule is CC(C)(C)[C@H](c1nc(-c2cc(F)ccc2F)cn1Cc1ccccc1)N(CCCN[C@@H](CCCNC(N)=O)C(N)=O)C(=O)CO.O=C(O)C(F)(F)F. The number of urea groups is 1. The lowest BCUT2D eigenvalue weighted by Crippen LogP contribution is -2.46. The van der Waals surface area contributed by atoms with Crippen LogP contribution >= 0.6 is 0 Å². The summed E-state index contributed by atoms with van der Waals surface area (Å²) in [7, 11) is 0. The number of carboxylic acids is 1. The van der Waals surface area contributed by atoms with Gasteiger partial charge in [0.15, 0.2) is 0 Å². The molecule has 0 unspecified atom stereocenters. The number of hydrogen-bond acceptors (Lipinski definition) is 7. The second-order valence-electron chi connectivity index (χ2n) is 12.7. The summed E-state index contributed by atoms with van der Waals surface area (Å²) >= 11 is 0. The summed E-state index contributed by atoms with van der Waals surface area (Å²) in [5, 5.41) is 22.7. The van der Waals surface area contributed by atoms with Gasteiger partial charge in [-0.15, -0.1) is 0 Å². The van der Waals surface area contributed by atoms with Crippen LogP contribution in [-0.4, -0.2) is 86.9 Å². The van der Waals surface area contributed by atoms with Crippen LogP contribution in [0.25, 0.3) is 11.3 Å². The van der Waals surface area contributed by atoms with Crippen LogP contribution in [-0.2, 0) is 20.9 Å². The zero-order chi connectivity index (χ0) is 39.2. The molecule has 0 aliphatic carbocycles. The molecule has 52 heavy (non-hydrogen) atoms. The summed E-state index contributed by atoms with van der Waals surface area (Å²) in [6.07, 6.45) is -2.20. The molecule has 4 amide bonds. The number of carbonyl (C=O) groups is 4. The fraction of sp³-hybridized carbons (Fsp3) is 0.441. The van der Waals surface area contributed by atoms with Gasteiger partial charge in [0.2, 0.25) is 11.8 Å². The van der Waals surface area contributed by atoms with E-state index in [1.54, 1.807) is 6.20 Å². The Morgan fingerprint density at radius 1 is 0.981 bits per heavy atom. The zero-order valence-corrected chi connectivity index (χ0v) is 28.9. The first-order chi connectivity index (χ1) is 24.3. The summed E-state index contributed by atoms with van der Waals surface area (Å²) in [5.41, 5.74) is 11.1. The van der Waals surface area contributed by atoms with Gasteiger partial charge in [-0.05, 0) is 55.0 Å². The van der Waals surface area contributed by atoms with Gasteiger partial charge >= 0.3 is 18.2 Å². The van der Waals surface area contributed by atoms with Crippen molar-refractivity contribution in [3.63, 3.8) is 0 Å².